The molecule has 0 saturated heterocycles. The van der Waals surface area contributed by atoms with E-state index in [1.54, 1.807) is 0 Å². The Labute approximate surface area is 85.8 Å². The summed E-state index contributed by atoms with van der Waals surface area (Å²) in [6, 6.07) is 8.27. The van der Waals surface area contributed by atoms with Crippen LogP contribution in [0.1, 0.15) is 50.3 Å². The number of aliphatic hydroxyl groups excluding tert-OH is 1. The van der Waals surface area contributed by atoms with Crippen LogP contribution in [0.2, 0.25) is 0 Å². The van der Waals surface area contributed by atoms with Gasteiger partial charge in [0.1, 0.15) is 0 Å². The first-order valence-electron chi connectivity index (χ1n) is 5.27. The standard InChI is InChI=1S/C13H18O/c1-13(2,3)11-8-12(14)10-7-5-4-6-9(10)11/h4-7,11-12,14H,8H2,1-3H3. The normalized spacial score (nSPS) is 26.3. The average Bonchev–Trinajstić information content (AvgIpc) is 2.44. The second-order valence-corrected chi connectivity index (χ2v) is 5.30. The van der Waals surface area contributed by atoms with Crippen molar-refractivity contribution in [3.8, 4) is 0 Å². The number of hydrogen-bond acceptors (Lipinski definition) is 1. The van der Waals surface area contributed by atoms with E-state index in [4.69, 9.17) is 0 Å². The number of rotatable bonds is 0. The van der Waals surface area contributed by atoms with Crippen molar-refractivity contribution < 1.29 is 5.11 Å². The van der Waals surface area contributed by atoms with Crippen LogP contribution in [-0.2, 0) is 0 Å². The van der Waals surface area contributed by atoms with Gasteiger partial charge in [0.2, 0.25) is 0 Å². The van der Waals surface area contributed by atoms with Gasteiger partial charge in [-0.05, 0) is 28.9 Å². The summed E-state index contributed by atoms with van der Waals surface area (Å²) < 4.78 is 0. The Hall–Kier alpha value is -0.820. The molecule has 0 heterocycles. The fourth-order valence-corrected chi connectivity index (χ4v) is 2.43. The monoisotopic (exact) mass is 190 g/mol. The Morgan fingerprint density at radius 2 is 1.71 bits per heavy atom. The molecule has 2 rings (SSSR count). The van der Waals surface area contributed by atoms with Gasteiger partial charge in [-0.1, -0.05) is 45.0 Å². The van der Waals surface area contributed by atoms with Gasteiger partial charge in [-0.3, -0.25) is 0 Å². The lowest BCUT2D eigenvalue weighted by Gasteiger charge is -2.27. The molecule has 0 radical (unpaired) electrons. The first-order valence-corrected chi connectivity index (χ1v) is 5.27. The molecule has 0 bridgehead atoms. The molecule has 0 spiro atoms. The Kier molecular flexibility index (Phi) is 2.15. The fraction of sp³-hybridized carbons (Fsp3) is 0.538. The van der Waals surface area contributed by atoms with Crippen molar-refractivity contribution in [2.75, 3.05) is 0 Å². The summed E-state index contributed by atoms with van der Waals surface area (Å²) in [5.41, 5.74) is 2.72. The van der Waals surface area contributed by atoms with Crippen LogP contribution in [0.25, 0.3) is 0 Å². The Morgan fingerprint density at radius 1 is 1.14 bits per heavy atom. The van der Waals surface area contributed by atoms with E-state index >= 15 is 0 Å². The predicted molar refractivity (Wildman–Crippen MR) is 58.2 cm³/mol. The first kappa shape index (κ1) is 9.72. The molecule has 1 aromatic carbocycles. The molecular formula is C13H18O. The summed E-state index contributed by atoms with van der Waals surface area (Å²) in [5.74, 6) is 0.494. The van der Waals surface area contributed by atoms with Gasteiger partial charge in [0.25, 0.3) is 0 Å². The van der Waals surface area contributed by atoms with Gasteiger partial charge in [-0.25, -0.2) is 0 Å². The predicted octanol–water partition coefficient (Wildman–Crippen LogP) is 3.25. The molecule has 2 unspecified atom stereocenters. The van der Waals surface area contributed by atoms with E-state index < -0.39 is 0 Å². The molecular weight excluding hydrogens is 172 g/mol. The van der Waals surface area contributed by atoms with Crippen molar-refractivity contribution in [1.82, 2.24) is 0 Å². The zero-order chi connectivity index (χ0) is 10.3. The largest absolute Gasteiger partial charge is 0.388 e. The molecule has 0 saturated carbocycles. The van der Waals surface area contributed by atoms with Crippen LogP contribution in [0.5, 0.6) is 0 Å². The fourth-order valence-electron chi connectivity index (χ4n) is 2.43. The van der Waals surface area contributed by atoms with Gasteiger partial charge >= 0.3 is 0 Å². The summed E-state index contributed by atoms with van der Waals surface area (Å²) in [6.07, 6.45) is 0.624. The highest BCUT2D eigenvalue weighted by atomic mass is 16.3. The van der Waals surface area contributed by atoms with E-state index in [1.807, 2.05) is 12.1 Å². The smallest absolute Gasteiger partial charge is 0.0798 e. The van der Waals surface area contributed by atoms with Gasteiger partial charge in [-0.2, -0.15) is 0 Å². The van der Waals surface area contributed by atoms with Gasteiger partial charge in [0.15, 0.2) is 0 Å². The molecule has 76 valence electrons. The molecule has 1 aliphatic carbocycles. The van der Waals surface area contributed by atoms with E-state index in [2.05, 4.69) is 32.9 Å². The first-order chi connectivity index (χ1) is 6.50. The van der Waals surface area contributed by atoms with Crippen LogP contribution in [0.3, 0.4) is 0 Å². The van der Waals surface area contributed by atoms with Crippen LogP contribution in [0.4, 0.5) is 0 Å². The highest BCUT2D eigenvalue weighted by molar-refractivity contribution is 5.38. The van der Waals surface area contributed by atoms with Crippen LogP contribution >= 0.6 is 0 Å². The van der Waals surface area contributed by atoms with Crippen molar-refractivity contribution >= 4 is 0 Å². The highest BCUT2D eigenvalue weighted by Gasteiger charge is 2.36. The van der Waals surface area contributed by atoms with Crippen LogP contribution in [-0.4, -0.2) is 5.11 Å². The lowest BCUT2D eigenvalue weighted by atomic mass is 9.77. The van der Waals surface area contributed by atoms with E-state index in [9.17, 15) is 5.11 Å². The second kappa shape index (κ2) is 3.09. The quantitative estimate of drug-likeness (QED) is 0.665. The summed E-state index contributed by atoms with van der Waals surface area (Å²) in [7, 11) is 0. The molecule has 1 N–H and O–H groups in total. The minimum Gasteiger partial charge on any atom is -0.388 e. The third-order valence-electron chi connectivity index (χ3n) is 3.23. The van der Waals surface area contributed by atoms with E-state index in [-0.39, 0.29) is 11.5 Å². The topological polar surface area (TPSA) is 20.2 Å². The Balaban J connectivity index is 2.44. The lowest BCUT2D eigenvalue weighted by molar-refractivity contribution is 0.154. The summed E-state index contributed by atoms with van der Waals surface area (Å²) in [5, 5.41) is 9.92. The van der Waals surface area contributed by atoms with E-state index in [0.29, 0.717) is 5.92 Å². The molecule has 0 amide bonds. The zero-order valence-corrected chi connectivity index (χ0v) is 9.12. The van der Waals surface area contributed by atoms with Gasteiger partial charge < -0.3 is 5.11 Å². The Morgan fingerprint density at radius 3 is 2.29 bits per heavy atom. The van der Waals surface area contributed by atoms with Crippen LogP contribution < -0.4 is 0 Å². The van der Waals surface area contributed by atoms with Crippen molar-refractivity contribution in [1.29, 1.82) is 0 Å². The van der Waals surface area contributed by atoms with Crippen molar-refractivity contribution in [2.24, 2.45) is 5.41 Å². The van der Waals surface area contributed by atoms with Crippen molar-refractivity contribution in [2.45, 2.75) is 39.2 Å². The highest BCUT2D eigenvalue weighted by Crippen LogP contribution is 2.48. The maximum Gasteiger partial charge on any atom is 0.0798 e. The third kappa shape index (κ3) is 1.46. The number of hydrogen-bond donors (Lipinski definition) is 1. The Bertz CT molecular complexity index is 335. The number of aliphatic hydroxyl groups is 1. The SMILES string of the molecule is CC(C)(C)C1CC(O)c2ccccc21. The molecule has 1 nitrogen and oxygen atoms in total. The lowest BCUT2D eigenvalue weighted by Crippen LogP contribution is -2.15. The summed E-state index contributed by atoms with van der Waals surface area (Å²) >= 11 is 0. The molecule has 1 heteroatoms. The molecule has 0 aromatic heterocycles. The summed E-state index contributed by atoms with van der Waals surface area (Å²) in [6.45, 7) is 6.73. The van der Waals surface area contributed by atoms with E-state index in [0.717, 1.165) is 12.0 Å². The average molecular weight is 190 g/mol. The third-order valence-corrected chi connectivity index (χ3v) is 3.23. The van der Waals surface area contributed by atoms with Crippen LogP contribution in [0.15, 0.2) is 24.3 Å². The second-order valence-electron chi connectivity index (χ2n) is 5.30. The number of benzene rings is 1. The van der Waals surface area contributed by atoms with Crippen molar-refractivity contribution in [3.63, 3.8) is 0 Å². The van der Waals surface area contributed by atoms with Gasteiger partial charge in [-0.15, -0.1) is 0 Å². The minimum absolute atomic E-state index is 0.244. The van der Waals surface area contributed by atoms with Crippen molar-refractivity contribution in [3.05, 3.63) is 35.4 Å². The molecule has 0 fully saturated rings. The summed E-state index contributed by atoms with van der Waals surface area (Å²) in [4.78, 5) is 0. The van der Waals surface area contributed by atoms with E-state index in [1.165, 1.54) is 5.56 Å². The minimum atomic E-state index is -0.254. The number of fused-ring (bicyclic) bond motifs is 1. The molecule has 1 aliphatic rings. The zero-order valence-electron chi connectivity index (χ0n) is 9.12. The van der Waals surface area contributed by atoms with Gasteiger partial charge in [0, 0.05) is 0 Å². The maximum atomic E-state index is 9.92. The van der Waals surface area contributed by atoms with Crippen LogP contribution in [0, 0.1) is 5.41 Å². The van der Waals surface area contributed by atoms with Gasteiger partial charge in [0.05, 0.1) is 6.10 Å². The maximum absolute atomic E-state index is 9.92. The molecule has 1 aromatic rings. The molecule has 0 aliphatic heterocycles. The molecule has 2 atom stereocenters. The molecule has 14 heavy (non-hydrogen) atoms.